The Kier molecular flexibility index (Phi) is 33.2. The van der Waals surface area contributed by atoms with E-state index >= 15 is 0 Å². The number of carbonyl (C=O) groups excluding carboxylic acids is 4. The number of carbonyl (C=O) groups is 4. The number of aromatic nitrogens is 6. The number of amides is 4. The number of guanidine groups is 3. The second-order valence-electron chi connectivity index (χ2n) is 25.6. The van der Waals surface area contributed by atoms with Gasteiger partial charge in [-0.1, -0.05) is 108 Å². The minimum absolute atomic E-state index is 0.0330. The predicted octanol–water partition coefficient (Wildman–Crippen LogP) is 8.29. The van der Waals surface area contributed by atoms with E-state index in [2.05, 4.69) is 133 Å². The number of nitrogens with two attached hydrogens (primary N) is 11. The maximum atomic E-state index is 12.3. The van der Waals surface area contributed by atoms with Crippen molar-refractivity contribution in [3.05, 3.63) is 158 Å². The van der Waals surface area contributed by atoms with Crippen molar-refractivity contribution in [2.24, 2.45) is 43.6 Å². The zero-order valence-corrected chi connectivity index (χ0v) is 63.3. The number of fused-ring (bicyclic) bond motifs is 3. The van der Waals surface area contributed by atoms with E-state index < -0.39 is 29.4 Å². The van der Waals surface area contributed by atoms with Crippen LogP contribution in [0.5, 0.6) is 17.2 Å². The minimum atomic E-state index is -0.668. The smallest absolute Gasteiger partial charge is 0.407 e. The lowest BCUT2D eigenvalue weighted by Crippen LogP contribution is -2.38. The molecule has 109 heavy (non-hydrogen) atoms. The quantitative estimate of drug-likeness (QED) is 0.0110. The molecule has 0 aliphatic carbocycles. The van der Waals surface area contributed by atoms with Gasteiger partial charge in [0.05, 0.1) is 19.8 Å². The number of hydrogen-bond donors (Lipinski definition) is 15. The number of rotatable bonds is 31. The normalized spacial score (nSPS) is 11.6. The average molecular weight is 1560 g/mol. The van der Waals surface area contributed by atoms with Crippen LogP contribution in [0.15, 0.2) is 124 Å². The summed E-state index contributed by atoms with van der Waals surface area (Å²) in [7, 11) is 0. The summed E-state index contributed by atoms with van der Waals surface area (Å²) in [6.45, 7) is 10.3. The number of aryl methyl sites for hydroxylation is 3. The Bertz CT molecular complexity index is 4510. The maximum Gasteiger partial charge on any atom is 0.407 e. The molecule has 580 valence electrons. The van der Waals surface area contributed by atoms with Gasteiger partial charge in [-0.25, -0.2) is 34.7 Å². The number of anilines is 6. The number of halogens is 3. The molecule has 0 unspecified atom stereocenters. The molecule has 0 spiro atoms. The van der Waals surface area contributed by atoms with Gasteiger partial charge in [0.2, 0.25) is 0 Å². The highest BCUT2D eigenvalue weighted by Crippen LogP contribution is 2.28. The van der Waals surface area contributed by atoms with E-state index in [4.69, 9.17) is 117 Å². The Morgan fingerprint density at radius 2 is 0.688 bits per heavy atom. The zero-order chi connectivity index (χ0) is 79.0. The third-order valence-corrected chi connectivity index (χ3v) is 16.5. The molecule has 6 aromatic carbocycles. The van der Waals surface area contributed by atoms with Crippen LogP contribution in [0.25, 0.3) is 32.3 Å². The third-order valence-electron chi connectivity index (χ3n) is 15.7. The number of nitrogen functional groups attached to an aromatic ring is 6. The predicted molar refractivity (Wildman–Crippen MR) is 433 cm³/mol. The number of alkyl carbamates (subject to hydrolysis) is 1. The van der Waals surface area contributed by atoms with Crippen LogP contribution in [-0.4, -0.2) is 136 Å². The highest BCUT2D eigenvalue weighted by molar-refractivity contribution is 6.32. The Labute approximate surface area is 645 Å². The third kappa shape index (κ3) is 28.6. The monoisotopic (exact) mass is 1550 g/mol. The largest absolute Gasteiger partial charge is 0.494 e. The Balaban J connectivity index is 0.000000229. The molecule has 4 amide bonds. The number of ether oxygens (including phenoxy) is 4. The van der Waals surface area contributed by atoms with Crippen molar-refractivity contribution in [3.63, 3.8) is 0 Å². The molecule has 0 atom stereocenters. The molecule has 3 aromatic heterocycles. The molecule has 3 heterocycles. The Morgan fingerprint density at radius 1 is 0.394 bits per heavy atom. The SMILES string of the molecule is CC(C)(C)OC(=O)NCCCOc1ccc2cc(CCCCN=C(N)NC(=O)c3nc(Cl)c(N)nc3N)ccc2c1.NCCCOc1ccc2cc(CCCCN=C(N)NC(=O)c3nc(Cl)c(N)nc3N)ccc2c1.NCCCOc1ccc2cc(CCCCN=C(N)NC(=O)c3nc(Cl)c(N)nc3N)ccc2c1. The molecular formula is C74H95Cl3N24O8. The van der Waals surface area contributed by atoms with E-state index in [9.17, 15) is 19.2 Å². The van der Waals surface area contributed by atoms with Crippen molar-refractivity contribution in [3.8, 4) is 17.2 Å². The fourth-order valence-corrected chi connectivity index (χ4v) is 10.6. The summed E-state index contributed by atoms with van der Waals surface area (Å²) < 4.78 is 22.5. The second kappa shape index (κ2) is 42.7. The van der Waals surface area contributed by atoms with E-state index in [1.807, 2.05) is 63.2 Å². The lowest BCUT2D eigenvalue weighted by molar-refractivity contribution is 0.0524. The summed E-state index contributed by atoms with van der Waals surface area (Å²) >= 11 is 17.4. The van der Waals surface area contributed by atoms with Gasteiger partial charge in [-0.3, -0.25) is 45.3 Å². The standard InChI is InChI=1S/C28H37ClN8O4.2C23H29ClN8O2/c1-28(2,3)41-27(39)34-13-6-14-40-20-11-10-18-15-17(8-9-19(18)16-20)7-4-5-12-33-26(32)37-25(38)21-23(30)36-24(31)22(29)35-21;2*24-19-21(27)31-20(26)18(30-19)22(33)32-23(28)29-10-2-1-4-14-5-6-16-13-17(34-11-3-9-25)8-7-15(16)12-14/h8-11,15-16H,4-7,12-14H2,1-3H3,(H,34,39)(H4,30,31,36)(H3,32,33,37,38);2*5-8,12-13H,1-4,9-11,25H2,(H4,26,27,31)(H3,28,29,32,33). The highest BCUT2D eigenvalue weighted by atomic mass is 35.5. The first-order valence-electron chi connectivity index (χ1n) is 35.1. The molecule has 35 heteroatoms. The molecule has 0 aliphatic rings. The summed E-state index contributed by atoms with van der Waals surface area (Å²) in [5.41, 5.74) is 64.6. The van der Waals surface area contributed by atoms with Crippen molar-refractivity contribution in [1.82, 2.24) is 51.2 Å². The molecule has 26 N–H and O–H groups in total. The van der Waals surface area contributed by atoms with Crippen LogP contribution in [0, 0.1) is 0 Å². The summed E-state index contributed by atoms with van der Waals surface area (Å²) in [4.78, 5) is 83.8. The van der Waals surface area contributed by atoms with Gasteiger partial charge in [0, 0.05) is 26.2 Å². The van der Waals surface area contributed by atoms with Crippen molar-refractivity contribution in [2.45, 2.75) is 103 Å². The molecule has 0 saturated heterocycles. The minimum Gasteiger partial charge on any atom is -0.494 e. The van der Waals surface area contributed by atoms with Crippen LogP contribution >= 0.6 is 34.8 Å². The molecule has 0 fully saturated rings. The van der Waals surface area contributed by atoms with Gasteiger partial charge < -0.3 is 87.3 Å². The number of aliphatic imine (C=N–C) groups is 3. The molecule has 9 rings (SSSR count). The average Bonchev–Trinajstić information content (AvgIpc) is 0.860. The fraction of sp³-hybridized carbons (Fsp3) is 0.338. The lowest BCUT2D eigenvalue weighted by Gasteiger charge is -2.19. The van der Waals surface area contributed by atoms with Crippen LogP contribution in [0.3, 0.4) is 0 Å². The molecule has 0 radical (unpaired) electrons. The zero-order valence-electron chi connectivity index (χ0n) is 61.0. The molecule has 0 aliphatic heterocycles. The maximum absolute atomic E-state index is 12.3. The number of unbranched alkanes of at least 4 members (excludes halogenated alkanes) is 3. The van der Waals surface area contributed by atoms with Gasteiger partial charge in [0.15, 0.2) is 85.3 Å². The van der Waals surface area contributed by atoms with Crippen LogP contribution in [0.2, 0.25) is 15.5 Å². The summed E-state index contributed by atoms with van der Waals surface area (Å²) in [5, 5.41) is 16.5. The molecule has 0 bridgehead atoms. The Morgan fingerprint density at radius 3 is 0.991 bits per heavy atom. The number of hydrogen-bond acceptors (Lipinski definition) is 25. The van der Waals surface area contributed by atoms with E-state index in [0.29, 0.717) is 65.5 Å². The van der Waals surface area contributed by atoms with E-state index in [1.54, 1.807) is 0 Å². The van der Waals surface area contributed by atoms with E-state index in [-0.39, 0.29) is 85.3 Å². The first-order chi connectivity index (χ1) is 52.1. The summed E-state index contributed by atoms with van der Waals surface area (Å²) in [6, 6.07) is 37.3. The number of benzene rings is 6. The molecule has 32 nitrogen and oxygen atoms in total. The number of nitrogens with zero attached hydrogens (tertiary/aromatic N) is 9. The van der Waals surface area contributed by atoms with Crippen molar-refractivity contribution in [2.75, 3.05) is 93.5 Å². The van der Waals surface area contributed by atoms with Crippen LogP contribution < -0.4 is 98.5 Å². The van der Waals surface area contributed by atoms with Gasteiger partial charge >= 0.3 is 6.09 Å². The second-order valence-corrected chi connectivity index (χ2v) is 26.7. The first-order valence-corrected chi connectivity index (χ1v) is 36.2. The Hall–Kier alpha value is -11.6. The van der Waals surface area contributed by atoms with Gasteiger partial charge in [-0.2, -0.15) is 0 Å². The van der Waals surface area contributed by atoms with Crippen molar-refractivity contribution < 1.29 is 38.1 Å². The van der Waals surface area contributed by atoms with Gasteiger partial charge in [0.1, 0.15) is 22.8 Å². The topological polar surface area (TPSA) is 554 Å². The van der Waals surface area contributed by atoms with Crippen LogP contribution in [0.4, 0.5) is 39.7 Å². The van der Waals surface area contributed by atoms with Gasteiger partial charge in [-0.15, -0.1) is 0 Å². The van der Waals surface area contributed by atoms with Gasteiger partial charge in [-0.05, 0) is 196 Å². The lowest BCUT2D eigenvalue weighted by atomic mass is 10.0. The fourth-order valence-electron chi connectivity index (χ4n) is 10.3. The van der Waals surface area contributed by atoms with Crippen molar-refractivity contribution in [1.29, 1.82) is 0 Å². The van der Waals surface area contributed by atoms with Crippen LogP contribution in [-0.2, 0) is 24.0 Å². The van der Waals surface area contributed by atoms with E-state index in [1.165, 1.54) is 27.5 Å². The molecule has 0 saturated carbocycles. The summed E-state index contributed by atoms with van der Waals surface area (Å²) in [6.07, 6.45) is 9.70. The van der Waals surface area contributed by atoms with Crippen molar-refractivity contribution >= 4 is 144 Å². The van der Waals surface area contributed by atoms with Crippen LogP contribution in [0.1, 0.15) is 127 Å². The highest BCUT2D eigenvalue weighted by Gasteiger charge is 2.21. The molecular weight excluding hydrogens is 1460 g/mol. The number of nitrogens with one attached hydrogen (secondary N) is 4. The molecule has 9 aromatic rings. The first kappa shape index (κ1) is 84.7. The van der Waals surface area contributed by atoms with Gasteiger partial charge in [0.25, 0.3) is 17.7 Å². The summed E-state index contributed by atoms with van der Waals surface area (Å²) in [5.74, 6) is -0.219. The van der Waals surface area contributed by atoms with E-state index in [0.717, 1.165) is 109 Å².